The SMILES string of the molecule is CC(C)c1cccc(N2CCNC(C)C2C(=O)Cc2ccccc2)c1-c1ncccc1[C@H]1CCCN1C. The van der Waals surface area contributed by atoms with Crippen LogP contribution in [0.1, 0.15) is 62.3 Å². The van der Waals surface area contributed by atoms with Gasteiger partial charge in [0.05, 0.1) is 5.69 Å². The maximum absolute atomic E-state index is 13.8. The topological polar surface area (TPSA) is 48.5 Å². The van der Waals surface area contributed by atoms with Gasteiger partial charge < -0.3 is 10.2 Å². The summed E-state index contributed by atoms with van der Waals surface area (Å²) in [6, 6.07) is 21.2. The highest BCUT2D eigenvalue weighted by Gasteiger charge is 2.36. The highest BCUT2D eigenvalue weighted by atomic mass is 16.1. The van der Waals surface area contributed by atoms with Crippen LogP contribution in [0.4, 0.5) is 5.69 Å². The molecule has 0 aliphatic carbocycles. The van der Waals surface area contributed by atoms with E-state index >= 15 is 0 Å². The molecule has 2 unspecified atom stereocenters. The molecule has 2 fully saturated rings. The van der Waals surface area contributed by atoms with Crippen LogP contribution in [0.2, 0.25) is 0 Å². The molecule has 5 rings (SSSR count). The van der Waals surface area contributed by atoms with E-state index in [1.165, 1.54) is 23.1 Å². The van der Waals surface area contributed by atoms with Crippen molar-refractivity contribution in [2.75, 3.05) is 31.6 Å². The number of nitrogens with one attached hydrogen (secondary N) is 1. The van der Waals surface area contributed by atoms with Gasteiger partial charge in [0.25, 0.3) is 0 Å². The van der Waals surface area contributed by atoms with Gasteiger partial charge >= 0.3 is 0 Å². The first-order valence-corrected chi connectivity index (χ1v) is 13.8. The third-order valence-corrected chi connectivity index (χ3v) is 8.14. The summed E-state index contributed by atoms with van der Waals surface area (Å²) in [7, 11) is 2.22. The van der Waals surface area contributed by atoms with E-state index in [2.05, 4.69) is 73.3 Å². The van der Waals surface area contributed by atoms with Crippen molar-refractivity contribution in [3.63, 3.8) is 0 Å². The molecular weight excluding hydrogens is 456 g/mol. The van der Waals surface area contributed by atoms with Crippen molar-refractivity contribution in [1.82, 2.24) is 15.2 Å². The largest absolute Gasteiger partial charge is 0.358 e. The van der Waals surface area contributed by atoms with Crippen molar-refractivity contribution in [1.29, 1.82) is 0 Å². The lowest BCUT2D eigenvalue weighted by Gasteiger charge is -2.42. The van der Waals surface area contributed by atoms with Crippen LogP contribution in [0.25, 0.3) is 11.3 Å². The fraction of sp³-hybridized carbons (Fsp3) is 0.438. The van der Waals surface area contributed by atoms with Gasteiger partial charge in [-0.05, 0) is 68.1 Å². The molecule has 1 N–H and O–H groups in total. The maximum Gasteiger partial charge on any atom is 0.161 e. The third kappa shape index (κ3) is 5.21. The second kappa shape index (κ2) is 11.2. The second-order valence-electron chi connectivity index (χ2n) is 11.0. The number of likely N-dealkylation sites (tertiary alicyclic amines) is 1. The number of benzene rings is 2. The lowest BCUT2D eigenvalue weighted by atomic mass is 9.87. The molecule has 3 aromatic rings. The summed E-state index contributed by atoms with van der Waals surface area (Å²) in [4.78, 5) is 23.7. The van der Waals surface area contributed by atoms with E-state index in [4.69, 9.17) is 4.98 Å². The monoisotopic (exact) mass is 496 g/mol. The Kier molecular flexibility index (Phi) is 7.73. The normalized spacial score (nSPS) is 22.5. The van der Waals surface area contributed by atoms with Crippen LogP contribution < -0.4 is 10.2 Å². The molecule has 1 aromatic heterocycles. The van der Waals surface area contributed by atoms with Crippen molar-refractivity contribution in [3.8, 4) is 11.3 Å². The highest BCUT2D eigenvalue weighted by molar-refractivity contribution is 5.92. The number of carbonyl (C=O) groups excluding carboxylic acids is 1. The minimum atomic E-state index is -0.239. The number of hydrogen-bond acceptors (Lipinski definition) is 5. The van der Waals surface area contributed by atoms with Gasteiger partial charge in [-0.3, -0.25) is 14.7 Å². The molecule has 3 atom stereocenters. The van der Waals surface area contributed by atoms with Crippen LogP contribution in [0, 0.1) is 0 Å². The standard InChI is InChI=1S/C32H40N4O/c1-22(2)25-13-8-15-28(30(25)31-26(14-9-17-34-31)27-16-10-19-35(27)4)36-20-18-33-23(3)32(36)29(37)21-24-11-6-5-7-12-24/h5-9,11-15,17,22-23,27,32-33H,10,16,18-21H2,1-4H3/t23?,27-,32?/m1/s1. The predicted molar refractivity (Wildman–Crippen MR) is 152 cm³/mol. The molecular formula is C32H40N4O. The third-order valence-electron chi connectivity index (χ3n) is 8.14. The first-order chi connectivity index (χ1) is 18.0. The van der Waals surface area contributed by atoms with E-state index in [1.54, 1.807) is 0 Å². The molecule has 2 aromatic carbocycles. The predicted octanol–water partition coefficient (Wildman–Crippen LogP) is 5.62. The first-order valence-electron chi connectivity index (χ1n) is 13.8. The molecule has 37 heavy (non-hydrogen) atoms. The molecule has 194 valence electrons. The number of hydrogen-bond donors (Lipinski definition) is 1. The van der Waals surface area contributed by atoms with Crippen molar-refractivity contribution < 1.29 is 4.79 Å². The Balaban J connectivity index is 1.62. The Morgan fingerprint density at radius 2 is 1.86 bits per heavy atom. The van der Waals surface area contributed by atoms with E-state index in [-0.39, 0.29) is 17.9 Å². The van der Waals surface area contributed by atoms with Crippen LogP contribution >= 0.6 is 0 Å². The van der Waals surface area contributed by atoms with Gasteiger partial charge in [-0.1, -0.05) is 62.4 Å². The molecule has 5 nitrogen and oxygen atoms in total. The van der Waals surface area contributed by atoms with Crippen LogP contribution in [-0.2, 0) is 11.2 Å². The Bertz CT molecular complexity index is 1220. The average Bonchev–Trinajstić information content (AvgIpc) is 3.34. The second-order valence-corrected chi connectivity index (χ2v) is 11.0. The van der Waals surface area contributed by atoms with Crippen molar-refractivity contribution in [3.05, 3.63) is 83.6 Å². The number of rotatable bonds is 7. The van der Waals surface area contributed by atoms with E-state index in [0.717, 1.165) is 43.0 Å². The van der Waals surface area contributed by atoms with Crippen LogP contribution in [0.3, 0.4) is 0 Å². The number of nitrogens with zero attached hydrogens (tertiary/aromatic N) is 3. The number of ketones is 1. The van der Waals surface area contributed by atoms with Crippen LogP contribution in [-0.4, -0.2) is 54.4 Å². The molecule has 0 bridgehead atoms. The molecule has 5 heteroatoms. The minimum Gasteiger partial charge on any atom is -0.358 e. The van der Waals surface area contributed by atoms with Crippen LogP contribution in [0.5, 0.6) is 0 Å². The summed E-state index contributed by atoms with van der Waals surface area (Å²) in [6.45, 7) is 9.41. The number of aromatic nitrogens is 1. The fourth-order valence-electron chi connectivity index (χ4n) is 6.29. The van der Waals surface area contributed by atoms with Gasteiger partial charge in [-0.15, -0.1) is 0 Å². The molecule has 2 aliphatic heterocycles. The van der Waals surface area contributed by atoms with Crippen molar-refractivity contribution in [2.45, 2.75) is 64.1 Å². The summed E-state index contributed by atoms with van der Waals surface area (Å²) >= 11 is 0. The Morgan fingerprint density at radius 1 is 1.05 bits per heavy atom. The van der Waals surface area contributed by atoms with E-state index in [9.17, 15) is 4.79 Å². The summed E-state index contributed by atoms with van der Waals surface area (Å²) in [6.07, 6.45) is 4.72. The summed E-state index contributed by atoms with van der Waals surface area (Å²) < 4.78 is 0. The first kappa shape index (κ1) is 25.6. The number of pyridine rings is 1. The average molecular weight is 497 g/mol. The van der Waals surface area contributed by atoms with Gasteiger partial charge in [-0.25, -0.2) is 0 Å². The fourth-order valence-corrected chi connectivity index (χ4v) is 6.29. The lowest BCUT2D eigenvalue weighted by Crippen LogP contribution is -2.60. The van der Waals surface area contributed by atoms with Crippen LogP contribution in [0.15, 0.2) is 66.9 Å². The lowest BCUT2D eigenvalue weighted by molar-refractivity contribution is -0.120. The molecule has 3 heterocycles. The Hall–Kier alpha value is -3.02. The van der Waals surface area contributed by atoms with Crippen molar-refractivity contribution in [2.24, 2.45) is 0 Å². The van der Waals surface area contributed by atoms with Gasteiger partial charge in [-0.2, -0.15) is 0 Å². The summed E-state index contributed by atoms with van der Waals surface area (Å²) in [5, 5.41) is 3.57. The van der Waals surface area contributed by atoms with E-state index in [1.807, 2.05) is 36.5 Å². The molecule has 0 saturated carbocycles. The molecule has 0 amide bonds. The zero-order chi connectivity index (χ0) is 25.9. The maximum atomic E-state index is 13.8. The highest BCUT2D eigenvalue weighted by Crippen LogP contribution is 2.43. The van der Waals surface area contributed by atoms with E-state index < -0.39 is 0 Å². The summed E-state index contributed by atoms with van der Waals surface area (Å²) in [5.74, 6) is 0.591. The van der Waals surface area contributed by atoms with Gasteiger partial charge in [0.1, 0.15) is 6.04 Å². The van der Waals surface area contributed by atoms with Gasteiger partial charge in [0.15, 0.2) is 5.78 Å². The quantitative estimate of drug-likeness (QED) is 0.460. The minimum absolute atomic E-state index is 0.0599. The number of carbonyl (C=O) groups is 1. The molecule has 2 aliphatic rings. The number of piperazine rings is 1. The Morgan fingerprint density at radius 3 is 2.59 bits per heavy atom. The zero-order valence-electron chi connectivity index (χ0n) is 22.7. The van der Waals surface area contributed by atoms with Crippen molar-refractivity contribution >= 4 is 11.5 Å². The molecule has 0 spiro atoms. The molecule has 2 saturated heterocycles. The zero-order valence-corrected chi connectivity index (χ0v) is 22.7. The molecule has 0 radical (unpaired) electrons. The van der Waals surface area contributed by atoms with Gasteiger partial charge in [0.2, 0.25) is 0 Å². The Labute approximate surface area is 221 Å². The number of Topliss-reactive ketones (excluding diaryl/α,β-unsaturated/α-hetero) is 1. The number of anilines is 1. The smallest absolute Gasteiger partial charge is 0.161 e. The van der Waals surface area contributed by atoms with E-state index in [0.29, 0.717) is 18.4 Å². The van der Waals surface area contributed by atoms with Gasteiger partial charge in [0, 0.05) is 49.0 Å². The summed E-state index contributed by atoms with van der Waals surface area (Å²) in [5.41, 5.74) is 7.05.